The van der Waals surface area contributed by atoms with E-state index in [0.717, 1.165) is 18.4 Å². The summed E-state index contributed by atoms with van der Waals surface area (Å²) in [6.07, 6.45) is 1.91. The van der Waals surface area contributed by atoms with Gasteiger partial charge in [-0.25, -0.2) is 4.79 Å². The van der Waals surface area contributed by atoms with Crippen molar-refractivity contribution >= 4 is 6.09 Å². The van der Waals surface area contributed by atoms with E-state index in [-0.39, 0.29) is 5.54 Å². The minimum absolute atomic E-state index is 0.209. The Hall–Kier alpha value is -2.06. The van der Waals surface area contributed by atoms with E-state index in [1.165, 1.54) is 0 Å². The largest absolute Gasteiger partial charge is 0.444 e. The SMILES string of the molecule is CC(C)(C)OC(=O)NCC(C)(NCc1ccccc1C#N)C1CC1. The third-order valence-corrected chi connectivity index (χ3v) is 4.30. The first kappa shape index (κ1) is 18.3. The fourth-order valence-corrected chi connectivity index (χ4v) is 2.72. The van der Waals surface area contributed by atoms with Crippen LogP contribution in [0.4, 0.5) is 4.79 Å². The van der Waals surface area contributed by atoms with Crippen LogP contribution in [0.25, 0.3) is 0 Å². The summed E-state index contributed by atoms with van der Waals surface area (Å²) in [6, 6.07) is 9.81. The maximum absolute atomic E-state index is 11.9. The number of carbonyl (C=O) groups excluding carboxylic acids is 1. The number of carbonyl (C=O) groups is 1. The van der Waals surface area contributed by atoms with E-state index in [2.05, 4.69) is 23.6 Å². The Bertz CT molecular complexity index is 626. The zero-order chi connectivity index (χ0) is 17.8. The molecule has 1 aromatic carbocycles. The molecule has 0 aromatic heterocycles. The molecule has 1 amide bonds. The van der Waals surface area contributed by atoms with Crippen molar-refractivity contribution in [2.75, 3.05) is 6.54 Å². The van der Waals surface area contributed by atoms with Crippen LogP contribution in [-0.2, 0) is 11.3 Å². The van der Waals surface area contributed by atoms with Gasteiger partial charge < -0.3 is 15.4 Å². The van der Waals surface area contributed by atoms with Crippen LogP contribution in [0.1, 0.15) is 51.7 Å². The molecule has 1 fully saturated rings. The molecule has 1 aliphatic carbocycles. The van der Waals surface area contributed by atoms with Crippen molar-refractivity contribution in [2.24, 2.45) is 5.92 Å². The molecule has 2 N–H and O–H groups in total. The van der Waals surface area contributed by atoms with Gasteiger partial charge in [0.25, 0.3) is 0 Å². The van der Waals surface area contributed by atoms with Crippen molar-refractivity contribution in [1.82, 2.24) is 10.6 Å². The predicted molar refractivity (Wildman–Crippen MR) is 93.4 cm³/mol. The number of ether oxygens (including phenoxy) is 1. The van der Waals surface area contributed by atoms with Crippen molar-refractivity contribution in [2.45, 2.75) is 58.2 Å². The predicted octanol–water partition coefficient (Wildman–Crippen LogP) is 3.34. The third-order valence-electron chi connectivity index (χ3n) is 4.30. The first-order chi connectivity index (χ1) is 11.2. The second kappa shape index (κ2) is 7.23. The zero-order valence-electron chi connectivity index (χ0n) is 15.0. The maximum atomic E-state index is 11.9. The Labute approximate surface area is 144 Å². The second-order valence-electron chi connectivity index (χ2n) is 7.67. The highest BCUT2D eigenvalue weighted by molar-refractivity contribution is 5.67. The van der Waals surface area contributed by atoms with E-state index in [1.807, 2.05) is 45.0 Å². The quantitative estimate of drug-likeness (QED) is 0.839. The molecule has 1 atom stereocenters. The van der Waals surface area contributed by atoms with Crippen LogP contribution >= 0.6 is 0 Å². The highest BCUT2D eigenvalue weighted by Gasteiger charge is 2.41. The third kappa shape index (κ3) is 5.24. The van der Waals surface area contributed by atoms with Crippen molar-refractivity contribution in [3.05, 3.63) is 35.4 Å². The van der Waals surface area contributed by atoms with E-state index in [9.17, 15) is 10.1 Å². The van der Waals surface area contributed by atoms with Gasteiger partial charge in [0.05, 0.1) is 11.6 Å². The molecule has 24 heavy (non-hydrogen) atoms. The molecule has 0 saturated heterocycles. The molecule has 1 unspecified atom stereocenters. The lowest BCUT2D eigenvalue weighted by atomic mass is 9.94. The molecule has 5 heteroatoms. The molecule has 0 bridgehead atoms. The minimum Gasteiger partial charge on any atom is -0.444 e. The standard InChI is InChI=1S/C19H27N3O2/c1-18(2,3)24-17(23)21-13-19(4,16-9-10-16)22-12-15-8-6-5-7-14(15)11-20/h5-8,16,22H,9-10,12-13H2,1-4H3,(H,21,23). The number of hydrogen-bond donors (Lipinski definition) is 2. The summed E-state index contributed by atoms with van der Waals surface area (Å²) in [5.41, 5.74) is 0.950. The summed E-state index contributed by atoms with van der Waals surface area (Å²) >= 11 is 0. The Morgan fingerprint density at radius 3 is 2.54 bits per heavy atom. The Kier molecular flexibility index (Phi) is 5.51. The van der Waals surface area contributed by atoms with Crippen LogP contribution in [-0.4, -0.2) is 23.8 Å². The highest BCUT2D eigenvalue weighted by atomic mass is 16.6. The molecule has 1 aliphatic rings. The number of nitrogens with one attached hydrogen (secondary N) is 2. The van der Waals surface area contributed by atoms with Crippen LogP contribution in [0.2, 0.25) is 0 Å². The molecular formula is C19H27N3O2. The molecule has 0 heterocycles. The molecule has 130 valence electrons. The summed E-state index contributed by atoms with van der Waals surface area (Å²) in [7, 11) is 0. The van der Waals surface area contributed by atoms with E-state index in [0.29, 0.717) is 24.6 Å². The fraction of sp³-hybridized carbons (Fsp3) is 0.579. The summed E-state index contributed by atoms with van der Waals surface area (Å²) < 4.78 is 5.31. The Morgan fingerprint density at radius 2 is 1.96 bits per heavy atom. The van der Waals surface area contributed by atoms with Crippen LogP contribution < -0.4 is 10.6 Å². The van der Waals surface area contributed by atoms with Gasteiger partial charge in [-0.3, -0.25) is 0 Å². The second-order valence-corrected chi connectivity index (χ2v) is 7.67. The number of benzene rings is 1. The summed E-state index contributed by atoms with van der Waals surface area (Å²) in [6.45, 7) is 8.78. The number of hydrogen-bond acceptors (Lipinski definition) is 4. The number of amides is 1. The van der Waals surface area contributed by atoms with Gasteiger partial charge in [-0.1, -0.05) is 18.2 Å². The van der Waals surface area contributed by atoms with Crippen molar-refractivity contribution in [1.29, 1.82) is 5.26 Å². The summed E-state index contributed by atoms with van der Waals surface area (Å²) in [5, 5.41) is 15.6. The molecule has 0 spiro atoms. The van der Waals surface area contributed by atoms with Crippen molar-refractivity contribution in [3.8, 4) is 6.07 Å². The first-order valence-corrected chi connectivity index (χ1v) is 8.43. The average molecular weight is 329 g/mol. The number of nitriles is 1. The Morgan fingerprint density at radius 1 is 1.29 bits per heavy atom. The summed E-state index contributed by atoms with van der Waals surface area (Å²) in [5.74, 6) is 0.529. The van der Waals surface area contributed by atoms with Crippen LogP contribution in [0, 0.1) is 17.2 Å². The minimum atomic E-state index is -0.501. The summed E-state index contributed by atoms with van der Waals surface area (Å²) in [4.78, 5) is 11.9. The van der Waals surface area contributed by atoms with E-state index >= 15 is 0 Å². The Balaban J connectivity index is 1.96. The van der Waals surface area contributed by atoms with Gasteiger partial charge >= 0.3 is 6.09 Å². The lowest BCUT2D eigenvalue weighted by molar-refractivity contribution is 0.0507. The van der Waals surface area contributed by atoms with Gasteiger partial charge in [-0.05, 0) is 58.1 Å². The molecule has 1 saturated carbocycles. The number of alkyl carbamates (subject to hydrolysis) is 1. The van der Waals surface area contributed by atoms with Gasteiger partial charge in [0.1, 0.15) is 5.60 Å². The number of rotatable bonds is 6. The van der Waals surface area contributed by atoms with E-state index in [4.69, 9.17) is 4.74 Å². The molecule has 0 radical (unpaired) electrons. The van der Waals surface area contributed by atoms with E-state index < -0.39 is 11.7 Å². The van der Waals surface area contributed by atoms with Gasteiger partial charge in [0, 0.05) is 18.6 Å². The molecule has 2 rings (SSSR count). The molecular weight excluding hydrogens is 302 g/mol. The monoisotopic (exact) mass is 329 g/mol. The number of nitrogens with zero attached hydrogens (tertiary/aromatic N) is 1. The topological polar surface area (TPSA) is 74.2 Å². The lowest BCUT2D eigenvalue weighted by Crippen LogP contribution is -2.53. The first-order valence-electron chi connectivity index (χ1n) is 8.43. The van der Waals surface area contributed by atoms with Gasteiger partial charge in [0.15, 0.2) is 0 Å². The normalized spacial score (nSPS) is 16.8. The van der Waals surface area contributed by atoms with E-state index in [1.54, 1.807) is 0 Å². The van der Waals surface area contributed by atoms with Crippen LogP contribution in [0.15, 0.2) is 24.3 Å². The molecule has 0 aliphatic heterocycles. The van der Waals surface area contributed by atoms with Gasteiger partial charge in [0.2, 0.25) is 0 Å². The van der Waals surface area contributed by atoms with Crippen LogP contribution in [0.3, 0.4) is 0 Å². The molecule has 5 nitrogen and oxygen atoms in total. The highest BCUT2D eigenvalue weighted by Crippen LogP contribution is 2.39. The zero-order valence-corrected chi connectivity index (χ0v) is 15.0. The maximum Gasteiger partial charge on any atom is 0.407 e. The van der Waals surface area contributed by atoms with Crippen molar-refractivity contribution < 1.29 is 9.53 Å². The van der Waals surface area contributed by atoms with Gasteiger partial charge in [-0.15, -0.1) is 0 Å². The average Bonchev–Trinajstić information content (AvgIpc) is 3.35. The molecule has 1 aromatic rings. The fourth-order valence-electron chi connectivity index (χ4n) is 2.72. The smallest absolute Gasteiger partial charge is 0.407 e. The lowest BCUT2D eigenvalue weighted by Gasteiger charge is -2.32. The van der Waals surface area contributed by atoms with Crippen LogP contribution in [0.5, 0.6) is 0 Å². The van der Waals surface area contributed by atoms with Gasteiger partial charge in [-0.2, -0.15) is 5.26 Å². The van der Waals surface area contributed by atoms with Crippen molar-refractivity contribution in [3.63, 3.8) is 0 Å².